The van der Waals surface area contributed by atoms with Crippen molar-refractivity contribution >= 4 is 22.8 Å². The summed E-state index contributed by atoms with van der Waals surface area (Å²) in [7, 11) is 0. The molecule has 1 saturated heterocycles. The van der Waals surface area contributed by atoms with Gasteiger partial charge in [0.1, 0.15) is 34.9 Å². The number of anilines is 1. The minimum absolute atomic E-state index is 0.179. The van der Waals surface area contributed by atoms with Gasteiger partial charge in [-0.1, -0.05) is 30.3 Å². The lowest BCUT2D eigenvalue weighted by Crippen LogP contribution is -2.49. The summed E-state index contributed by atoms with van der Waals surface area (Å²) in [5, 5.41) is 3.39. The predicted octanol–water partition coefficient (Wildman–Crippen LogP) is 8.47. The number of fused-ring (bicyclic) bond motifs is 1. The van der Waals surface area contributed by atoms with Gasteiger partial charge in [0.2, 0.25) is 0 Å². The van der Waals surface area contributed by atoms with E-state index in [2.05, 4.69) is 15.3 Å². The molecule has 6 rings (SSSR count). The van der Waals surface area contributed by atoms with Crippen LogP contribution in [0.5, 0.6) is 0 Å². The molecule has 0 saturated carbocycles. The van der Waals surface area contributed by atoms with Crippen molar-refractivity contribution in [1.82, 2.24) is 19.9 Å². The normalized spacial score (nSPS) is 17.2. The van der Waals surface area contributed by atoms with Crippen molar-refractivity contribution in [1.29, 1.82) is 0 Å². The van der Waals surface area contributed by atoms with Crippen LogP contribution >= 0.6 is 0 Å². The number of imidazole rings is 1. The zero-order chi connectivity index (χ0) is 34.5. The number of H-pyrrole nitrogens is 1. The number of benzene rings is 3. The molecule has 0 unspecified atom stereocenters. The van der Waals surface area contributed by atoms with Crippen molar-refractivity contribution in [3.05, 3.63) is 125 Å². The first-order valence-corrected chi connectivity index (χ1v) is 16.5. The zero-order valence-corrected chi connectivity index (χ0v) is 27.8. The lowest BCUT2D eigenvalue weighted by Gasteiger charge is -2.39. The number of nitrogens with one attached hydrogen (secondary N) is 2. The second-order valence-electron chi connectivity index (χ2n) is 13.3. The van der Waals surface area contributed by atoms with Crippen molar-refractivity contribution in [2.75, 3.05) is 18.5 Å². The molecule has 2 N–H and O–H groups in total. The Kier molecular flexibility index (Phi) is 10.2. The van der Waals surface area contributed by atoms with Crippen molar-refractivity contribution in [3.8, 4) is 0 Å². The largest absolute Gasteiger partial charge is 0.444 e. The molecule has 0 aliphatic carbocycles. The molecule has 0 bridgehead atoms. The van der Waals surface area contributed by atoms with Gasteiger partial charge in [-0.2, -0.15) is 0 Å². The van der Waals surface area contributed by atoms with Crippen LogP contribution in [0.4, 0.5) is 23.7 Å². The summed E-state index contributed by atoms with van der Waals surface area (Å²) in [4.78, 5) is 27.0. The molecular formula is C38H40F3N5O3. The van der Waals surface area contributed by atoms with Gasteiger partial charge in [0.05, 0.1) is 42.5 Å². The highest BCUT2D eigenvalue weighted by Gasteiger charge is 2.37. The van der Waals surface area contributed by atoms with Crippen LogP contribution in [0.3, 0.4) is 0 Å². The lowest BCUT2D eigenvalue weighted by atomic mass is 9.97. The van der Waals surface area contributed by atoms with Crippen LogP contribution in [0.1, 0.15) is 68.2 Å². The van der Waals surface area contributed by atoms with Crippen molar-refractivity contribution in [2.45, 2.75) is 70.2 Å². The third-order valence-electron chi connectivity index (χ3n) is 8.60. The molecule has 8 nitrogen and oxygen atoms in total. The first kappa shape index (κ1) is 34.0. The summed E-state index contributed by atoms with van der Waals surface area (Å²) in [5.74, 6) is -0.614. The molecule has 3 heterocycles. The topological polar surface area (TPSA) is 92.4 Å². The van der Waals surface area contributed by atoms with E-state index in [0.717, 1.165) is 22.8 Å². The summed E-state index contributed by atoms with van der Waals surface area (Å²) in [6.07, 6.45) is 3.48. The van der Waals surface area contributed by atoms with Gasteiger partial charge >= 0.3 is 6.09 Å². The average Bonchev–Trinajstić information content (AvgIpc) is 3.51. The Morgan fingerprint density at radius 1 is 1.02 bits per heavy atom. The Morgan fingerprint density at radius 2 is 1.82 bits per heavy atom. The Bertz CT molecular complexity index is 1860. The van der Waals surface area contributed by atoms with E-state index >= 15 is 8.78 Å². The van der Waals surface area contributed by atoms with Gasteiger partial charge in [0.25, 0.3) is 0 Å². The molecule has 5 aromatic rings. The smallest absolute Gasteiger partial charge is 0.411 e. The maximum absolute atomic E-state index is 15.5. The number of aromatic nitrogens is 3. The number of carbonyl (C=O) groups excluding carboxylic acids is 1. The fourth-order valence-corrected chi connectivity index (χ4v) is 6.15. The Morgan fingerprint density at radius 3 is 2.57 bits per heavy atom. The molecule has 3 aromatic carbocycles. The molecule has 256 valence electrons. The number of aryl methyl sites for hydroxylation is 1. The number of ether oxygens (including phenoxy) is 2. The highest BCUT2D eigenvalue weighted by molar-refractivity contribution is 5.75. The van der Waals surface area contributed by atoms with E-state index < -0.39 is 41.5 Å². The minimum Gasteiger partial charge on any atom is -0.444 e. The van der Waals surface area contributed by atoms with E-state index in [0.29, 0.717) is 48.3 Å². The van der Waals surface area contributed by atoms with Gasteiger partial charge < -0.3 is 19.8 Å². The lowest BCUT2D eigenvalue weighted by molar-refractivity contribution is -0.0746. The Labute approximate surface area is 283 Å². The third kappa shape index (κ3) is 8.40. The molecule has 1 aliphatic rings. The van der Waals surface area contributed by atoms with Crippen molar-refractivity contribution in [3.63, 3.8) is 0 Å². The van der Waals surface area contributed by atoms with Crippen molar-refractivity contribution in [2.24, 2.45) is 0 Å². The molecule has 49 heavy (non-hydrogen) atoms. The first-order valence-electron chi connectivity index (χ1n) is 16.5. The van der Waals surface area contributed by atoms with E-state index in [1.165, 1.54) is 24.4 Å². The van der Waals surface area contributed by atoms with Crippen LogP contribution < -0.4 is 5.32 Å². The van der Waals surface area contributed by atoms with Gasteiger partial charge in [-0.05, 0) is 94.5 Å². The molecule has 2 aromatic heterocycles. The summed E-state index contributed by atoms with van der Waals surface area (Å²) in [5.41, 5.74) is 3.17. The number of halogens is 3. The molecule has 1 amide bonds. The van der Waals surface area contributed by atoms with Crippen LogP contribution in [0.25, 0.3) is 11.0 Å². The fraction of sp³-hybridized carbons (Fsp3) is 0.342. The maximum Gasteiger partial charge on any atom is 0.411 e. The second kappa shape index (κ2) is 14.7. The molecule has 1 fully saturated rings. The van der Waals surface area contributed by atoms with Gasteiger partial charge in [-0.3, -0.25) is 9.88 Å². The van der Waals surface area contributed by atoms with E-state index in [4.69, 9.17) is 14.5 Å². The fourth-order valence-electron chi connectivity index (χ4n) is 6.15. The molecule has 0 radical (unpaired) electrons. The van der Waals surface area contributed by atoms with Gasteiger partial charge in [0.15, 0.2) is 0 Å². The van der Waals surface area contributed by atoms with Crippen molar-refractivity contribution < 1.29 is 27.4 Å². The number of rotatable bonds is 10. The van der Waals surface area contributed by atoms with E-state index in [1.807, 2.05) is 45.0 Å². The zero-order valence-electron chi connectivity index (χ0n) is 27.8. The number of aromatic amines is 1. The van der Waals surface area contributed by atoms with Gasteiger partial charge in [-0.15, -0.1) is 0 Å². The SMILES string of the molecule is CC(C)(C)OC(=O)N1C[C@@H](CCc2c(F)cccc2N[C@@H](CCc2ccc(F)cc2)c2ccncc2F)OC[C@H]1c1nc2ccccc2[nH]1. The number of para-hydroxylation sites is 2. The first-order chi connectivity index (χ1) is 23.5. The quantitative estimate of drug-likeness (QED) is 0.155. The minimum atomic E-state index is -0.710. The third-order valence-corrected chi connectivity index (χ3v) is 8.60. The van der Waals surface area contributed by atoms with Crippen LogP contribution in [0, 0.1) is 17.5 Å². The second-order valence-corrected chi connectivity index (χ2v) is 13.3. The summed E-state index contributed by atoms with van der Waals surface area (Å²) in [6.45, 7) is 5.85. The predicted molar refractivity (Wildman–Crippen MR) is 182 cm³/mol. The van der Waals surface area contributed by atoms with Gasteiger partial charge in [-0.25, -0.2) is 22.9 Å². The van der Waals surface area contributed by atoms with E-state index in [9.17, 15) is 9.18 Å². The Hall–Kier alpha value is -4.90. The number of morpholine rings is 1. The number of pyridine rings is 1. The standard InChI is InChI=1S/C38H40F3N5O3/c1-38(2,3)49-37(47)46-22-26(48-23-35(46)36-44-33-8-4-5-9-34(33)45-36)16-17-27-29(40)7-6-10-31(27)43-32(28-19-20-42-21-30(28)41)18-13-24-11-14-25(39)15-12-24/h4-12,14-15,19-21,26,32,35,43H,13,16-18,22-23H2,1-3H3,(H,44,45)/t26-,32+,35+/m1/s1. The highest BCUT2D eigenvalue weighted by atomic mass is 19.1. The summed E-state index contributed by atoms with van der Waals surface area (Å²) < 4.78 is 56.1. The molecule has 0 spiro atoms. The number of hydrogen-bond acceptors (Lipinski definition) is 6. The number of amides is 1. The number of carbonyl (C=O) groups is 1. The van der Waals surface area contributed by atoms with Crippen LogP contribution in [-0.4, -0.2) is 50.8 Å². The Balaban J connectivity index is 1.20. The summed E-state index contributed by atoms with van der Waals surface area (Å²) in [6, 6.07) is 19.2. The van der Waals surface area contributed by atoms with Crippen LogP contribution in [0.2, 0.25) is 0 Å². The van der Waals surface area contributed by atoms with E-state index in [-0.39, 0.29) is 19.0 Å². The highest BCUT2D eigenvalue weighted by Crippen LogP contribution is 2.33. The number of hydrogen-bond donors (Lipinski definition) is 2. The molecule has 11 heteroatoms. The van der Waals surface area contributed by atoms with Crippen LogP contribution in [0.15, 0.2) is 85.2 Å². The molecule has 1 aliphatic heterocycles. The van der Waals surface area contributed by atoms with Gasteiger partial charge in [0, 0.05) is 23.0 Å². The van der Waals surface area contributed by atoms with E-state index in [1.54, 1.807) is 35.2 Å². The summed E-state index contributed by atoms with van der Waals surface area (Å²) >= 11 is 0. The maximum atomic E-state index is 15.5. The molecule has 3 atom stereocenters. The average molecular weight is 672 g/mol. The monoisotopic (exact) mass is 671 g/mol. The molecular weight excluding hydrogens is 631 g/mol. The number of nitrogens with zero attached hydrogens (tertiary/aromatic N) is 3. The van der Waals surface area contributed by atoms with Crippen LogP contribution in [-0.2, 0) is 22.3 Å².